The molecule has 0 spiro atoms. The molecule has 0 aliphatic carbocycles. The molecule has 4 N–H and O–H groups in total. The molecule has 0 aromatic rings. The number of nitrogens with two attached hydrogens (primary N) is 1. The molecule has 0 bridgehead atoms. The van der Waals surface area contributed by atoms with Gasteiger partial charge in [0.15, 0.2) is 0 Å². The summed E-state index contributed by atoms with van der Waals surface area (Å²) in [5, 5.41) is 18.9. The average molecular weight is 229 g/mol. The molecule has 2 saturated heterocycles. The van der Waals surface area contributed by atoms with Gasteiger partial charge in [0.2, 0.25) is 6.35 Å². The number of rotatable bonds is 1. The van der Waals surface area contributed by atoms with Gasteiger partial charge in [-0.1, -0.05) is 0 Å². The van der Waals surface area contributed by atoms with Crippen molar-refractivity contribution in [2.45, 2.75) is 37.3 Å². The highest BCUT2D eigenvalue weighted by atomic mass is 16.6. The third-order valence-corrected chi connectivity index (χ3v) is 3.28. The Kier molecular flexibility index (Phi) is 2.37. The van der Waals surface area contributed by atoms with E-state index in [0.717, 1.165) is 0 Å². The lowest BCUT2D eigenvalue weighted by atomic mass is 10.1. The molecule has 5 atom stereocenters. The summed E-state index contributed by atoms with van der Waals surface area (Å²) >= 11 is 0. The van der Waals surface area contributed by atoms with Crippen molar-refractivity contribution >= 4 is 5.84 Å². The van der Waals surface area contributed by atoms with Crippen molar-refractivity contribution in [2.24, 2.45) is 10.7 Å². The lowest BCUT2D eigenvalue weighted by Gasteiger charge is -2.28. The molecule has 0 aromatic heterocycles. The Hall–Kier alpha value is -0.730. The van der Waals surface area contributed by atoms with Crippen molar-refractivity contribution < 1.29 is 19.7 Å². The summed E-state index contributed by atoms with van der Waals surface area (Å²) in [6.07, 6.45) is -1.92. The number of aliphatic imine (C=N–C) groups is 1. The second-order valence-electron chi connectivity index (χ2n) is 4.27. The van der Waals surface area contributed by atoms with Crippen LogP contribution in [0.4, 0.5) is 0 Å². The maximum Gasteiger partial charge on any atom is 0.211 e. The van der Waals surface area contributed by atoms with Crippen molar-refractivity contribution in [1.29, 1.82) is 0 Å². The van der Waals surface area contributed by atoms with E-state index in [2.05, 4.69) is 4.99 Å². The Morgan fingerprint density at radius 1 is 1.50 bits per heavy atom. The Morgan fingerprint density at radius 3 is 3.06 bits per heavy atom. The second-order valence-corrected chi connectivity index (χ2v) is 4.27. The lowest BCUT2D eigenvalue weighted by molar-refractivity contribution is -0.106. The zero-order valence-corrected chi connectivity index (χ0v) is 8.69. The van der Waals surface area contributed by atoms with Gasteiger partial charge in [0.25, 0.3) is 0 Å². The number of fused-ring (bicyclic) bond motifs is 3. The van der Waals surface area contributed by atoms with Gasteiger partial charge in [0.1, 0.15) is 24.5 Å². The topological polar surface area (TPSA) is 101 Å². The Morgan fingerprint density at radius 2 is 2.31 bits per heavy atom. The highest BCUT2D eigenvalue weighted by molar-refractivity contribution is 5.81. The van der Waals surface area contributed by atoms with Crippen LogP contribution in [0.3, 0.4) is 0 Å². The molecule has 90 valence electrons. The van der Waals surface area contributed by atoms with Crippen LogP contribution in [0.1, 0.15) is 6.42 Å². The normalized spacial score (nSPS) is 47.6. The highest BCUT2D eigenvalue weighted by Gasteiger charge is 2.55. The van der Waals surface area contributed by atoms with Crippen LogP contribution in [-0.4, -0.2) is 65.0 Å². The summed E-state index contributed by atoms with van der Waals surface area (Å²) < 4.78 is 11.1. The molecule has 3 rings (SSSR count). The number of aliphatic hydroxyl groups is 2. The van der Waals surface area contributed by atoms with Crippen molar-refractivity contribution in [3.05, 3.63) is 0 Å². The van der Waals surface area contributed by atoms with Crippen molar-refractivity contribution in [3.63, 3.8) is 0 Å². The van der Waals surface area contributed by atoms with E-state index in [1.165, 1.54) is 0 Å². The molecule has 3 aliphatic rings. The van der Waals surface area contributed by atoms with E-state index in [-0.39, 0.29) is 12.8 Å². The molecule has 3 heterocycles. The van der Waals surface area contributed by atoms with Crippen LogP contribution in [0.25, 0.3) is 0 Å². The Balaban J connectivity index is 1.80. The molecule has 0 aromatic carbocycles. The lowest BCUT2D eigenvalue weighted by Crippen LogP contribution is -2.44. The average Bonchev–Trinajstić information content (AvgIpc) is 2.75. The van der Waals surface area contributed by atoms with Crippen LogP contribution in [0.5, 0.6) is 0 Å². The molecule has 7 heteroatoms. The molecule has 3 aliphatic heterocycles. The number of ether oxygens (including phenoxy) is 2. The number of hydrogen-bond donors (Lipinski definition) is 3. The summed E-state index contributed by atoms with van der Waals surface area (Å²) in [6.45, 7) is 0.494. The van der Waals surface area contributed by atoms with Gasteiger partial charge in [-0.15, -0.1) is 0 Å². The molecular weight excluding hydrogens is 214 g/mol. The third kappa shape index (κ3) is 1.36. The van der Waals surface area contributed by atoms with Crippen LogP contribution in [0, 0.1) is 0 Å². The summed E-state index contributed by atoms with van der Waals surface area (Å²) in [5.74, 6) is 0.564. The second kappa shape index (κ2) is 3.64. The molecular formula is C9H15N3O4. The van der Waals surface area contributed by atoms with E-state index in [9.17, 15) is 5.11 Å². The van der Waals surface area contributed by atoms with E-state index in [1.54, 1.807) is 0 Å². The number of hydrogen-bond acceptors (Lipinski definition) is 7. The van der Waals surface area contributed by atoms with Gasteiger partial charge in [-0.25, -0.2) is 9.89 Å². The number of aliphatic hydroxyl groups excluding tert-OH is 2. The van der Waals surface area contributed by atoms with Crippen LogP contribution in [-0.2, 0) is 9.47 Å². The van der Waals surface area contributed by atoms with Crippen LogP contribution in [0.2, 0.25) is 0 Å². The molecule has 0 amide bonds. The summed E-state index contributed by atoms with van der Waals surface area (Å²) in [4.78, 5) is 6.07. The minimum atomic E-state index is -0.808. The first-order valence-corrected chi connectivity index (χ1v) is 5.38. The zero-order chi connectivity index (χ0) is 11.3. The maximum atomic E-state index is 9.86. The first-order chi connectivity index (χ1) is 7.70. The third-order valence-electron chi connectivity index (χ3n) is 3.28. The molecule has 2 fully saturated rings. The van der Waals surface area contributed by atoms with E-state index in [0.29, 0.717) is 18.8 Å². The smallest absolute Gasteiger partial charge is 0.211 e. The summed E-state index contributed by atoms with van der Waals surface area (Å²) in [6, 6.07) is 0. The van der Waals surface area contributed by atoms with Gasteiger partial charge in [-0.3, -0.25) is 0 Å². The predicted molar refractivity (Wildman–Crippen MR) is 53.4 cm³/mol. The predicted octanol–water partition coefficient (Wildman–Crippen LogP) is -2.19. The van der Waals surface area contributed by atoms with E-state index in [4.69, 9.17) is 20.3 Å². The van der Waals surface area contributed by atoms with Crippen molar-refractivity contribution in [2.75, 3.05) is 13.2 Å². The largest absolute Gasteiger partial charge is 0.394 e. The fourth-order valence-corrected chi connectivity index (χ4v) is 2.42. The Labute approximate surface area is 92.5 Å². The van der Waals surface area contributed by atoms with Gasteiger partial charge in [0.05, 0.1) is 12.4 Å². The van der Waals surface area contributed by atoms with Crippen LogP contribution >= 0.6 is 0 Å². The van der Waals surface area contributed by atoms with Gasteiger partial charge < -0.3 is 25.4 Å². The molecule has 0 radical (unpaired) electrons. The fraction of sp³-hybridized carbons (Fsp3) is 0.889. The van der Waals surface area contributed by atoms with E-state index >= 15 is 0 Å². The van der Waals surface area contributed by atoms with Gasteiger partial charge in [-0.05, 0) is 0 Å². The minimum absolute atomic E-state index is 0.207. The SMILES string of the molecule is NC1=NC2OC3[C@@H](O)[C@@H](CO)O[C@@H]3N2CC1. The molecule has 0 saturated carbocycles. The zero-order valence-electron chi connectivity index (χ0n) is 8.69. The van der Waals surface area contributed by atoms with Crippen molar-refractivity contribution in [1.82, 2.24) is 4.90 Å². The van der Waals surface area contributed by atoms with E-state index < -0.39 is 24.7 Å². The first kappa shape index (κ1) is 10.4. The van der Waals surface area contributed by atoms with Gasteiger partial charge in [0, 0.05) is 13.0 Å². The van der Waals surface area contributed by atoms with E-state index in [1.807, 2.05) is 4.90 Å². The standard InChI is InChI=1S/C9H15N3O4/c10-5-1-2-12-8-7(16-9(12)11-5)6(14)4(3-13)15-8/h4,6-9,13-14H,1-3H2,(H2,10,11)/t4-,6+,7?,8+,9?/m1/s1. The minimum Gasteiger partial charge on any atom is -0.394 e. The Bertz CT molecular complexity index is 324. The maximum absolute atomic E-state index is 9.86. The van der Waals surface area contributed by atoms with Crippen molar-refractivity contribution in [3.8, 4) is 0 Å². The quantitative estimate of drug-likeness (QED) is 0.472. The molecule has 16 heavy (non-hydrogen) atoms. The highest BCUT2D eigenvalue weighted by Crippen LogP contribution is 2.36. The monoisotopic (exact) mass is 229 g/mol. The number of nitrogens with zero attached hydrogens (tertiary/aromatic N) is 2. The molecule has 7 nitrogen and oxygen atoms in total. The summed E-state index contributed by atoms with van der Waals surface area (Å²) in [7, 11) is 0. The van der Waals surface area contributed by atoms with Crippen LogP contribution < -0.4 is 5.73 Å². The fourth-order valence-electron chi connectivity index (χ4n) is 2.42. The first-order valence-electron chi connectivity index (χ1n) is 5.38. The van der Waals surface area contributed by atoms with Gasteiger partial charge >= 0.3 is 0 Å². The number of amidine groups is 1. The van der Waals surface area contributed by atoms with Crippen LogP contribution in [0.15, 0.2) is 4.99 Å². The summed E-state index contributed by atoms with van der Waals surface area (Å²) in [5.41, 5.74) is 5.63. The van der Waals surface area contributed by atoms with Gasteiger partial charge in [-0.2, -0.15) is 0 Å². The molecule has 2 unspecified atom stereocenters.